The highest BCUT2D eigenvalue weighted by atomic mass is 35.5. The maximum atomic E-state index is 9.47. The van der Waals surface area contributed by atoms with Crippen LogP contribution in [-0.4, -0.2) is 11.8 Å². The first-order chi connectivity index (χ1) is 4.54. The molecule has 0 heterocycles. The van der Waals surface area contributed by atoms with E-state index in [1.165, 1.54) is 0 Å². The Bertz CT molecular complexity index is 139. The van der Waals surface area contributed by atoms with Gasteiger partial charge in [0.2, 0.25) is 11.8 Å². The molecule has 0 radical (unpaired) electrons. The van der Waals surface area contributed by atoms with Crippen LogP contribution < -0.4 is 11.5 Å². The van der Waals surface area contributed by atoms with Crippen LogP contribution >= 0.6 is 12.4 Å². The van der Waals surface area contributed by atoms with Crippen molar-refractivity contribution in [2.24, 2.45) is 11.5 Å². The molecule has 0 spiro atoms. The molecule has 0 aromatic rings. The monoisotopic (exact) mass is 178 g/mol. The average molecular weight is 179 g/mol. The van der Waals surface area contributed by atoms with Crippen LogP contribution in [0.5, 0.6) is 0 Å². The van der Waals surface area contributed by atoms with Crippen LogP contribution in [0.1, 0.15) is 0 Å². The molecule has 0 fully saturated rings. The third kappa shape index (κ3) is 53.4. The van der Waals surface area contributed by atoms with E-state index in [9.17, 15) is 9.59 Å². The molecule has 0 rings (SSSR count). The number of carbonyl (C=O) groups is 2. The molecule has 0 aliphatic heterocycles. The summed E-state index contributed by atoms with van der Waals surface area (Å²) in [5.41, 5.74) is 9.07. The van der Waals surface area contributed by atoms with Gasteiger partial charge in [0.25, 0.3) is 0 Å². The first kappa shape index (κ1) is 16.4. The van der Waals surface area contributed by atoms with Crippen LogP contribution in [-0.2, 0) is 9.59 Å². The van der Waals surface area contributed by atoms with E-state index < -0.39 is 11.8 Å². The van der Waals surface area contributed by atoms with Gasteiger partial charge in [-0.25, -0.2) is 0 Å². The maximum absolute atomic E-state index is 9.47. The van der Waals surface area contributed by atoms with Crippen LogP contribution in [0.15, 0.2) is 25.3 Å². The Morgan fingerprint density at radius 1 is 1.00 bits per heavy atom. The fraction of sp³-hybridized carbons (Fsp3) is 0. The zero-order valence-corrected chi connectivity index (χ0v) is 6.76. The Morgan fingerprint density at radius 2 is 1.09 bits per heavy atom. The molecule has 0 saturated heterocycles. The topological polar surface area (TPSA) is 86.2 Å². The summed E-state index contributed by atoms with van der Waals surface area (Å²) in [4.78, 5) is 18.9. The molecular weight excluding hydrogens is 168 g/mol. The molecule has 0 saturated carbocycles. The lowest BCUT2D eigenvalue weighted by Crippen LogP contribution is -2.04. The van der Waals surface area contributed by atoms with E-state index in [4.69, 9.17) is 0 Å². The number of halogens is 1. The lowest BCUT2D eigenvalue weighted by atomic mass is 10.6. The number of hydrogen-bond acceptors (Lipinski definition) is 2. The van der Waals surface area contributed by atoms with E-state index in [2.05, 4.69) is 24.6 Å². The average Bonchev–Trinajstić information content (AvgIpc) is 1.89. The van der Waals surface area contributed by atoms with Crippen molar-refractivity contribution in [2.45, 2.75) is 0 Å². The second-order valence-electron chi connectivity index (χ2n) is 1.21. The van der Waals surface area contributed by atoms with Crippen LogP contribution in [0, 0.1) is 0 Å². The molecule has 0 unspecified atom stereocenters. The quantitative estimate of drug-likeness (QED) is 0.571. The van der Waals surface area contributed by atoms with Crippen molar-refractivity contribution in [3.8, 4) is 0 Å². The summed E-state index contributed by atoms with van der Waals surface area (Å²) in [7, 11) is 0. The summed E-state index contributed by atoms with van der Waals surface area (Å²) in [6.07, 6.45) is 2.11. The van der Waals surface area contributed by atoms with Crippen molar-refractivity contribution in [3.63, 3.8) is 0 Å². The van der Waals surface area contributed by atoms with Gasteiger partial charge in [-0.1, -0.05) is 13.2 Å². The Kier molecular flexibility index (Phi) is 17.1. The van der Waals surface area contributed by atoms with Crippen LogP contribution in [0.2, 0.25) is 0 Å². The number of rotatable bonds is 2. The van der Waals surface area contributed by atoms with Gasteiger partial charge in [-0.2, -0.15) is 0 Å². The lowest BCUT2D eigenvalue weighted by molar-refractivity contribution is -0.114. The van der Waals surface area contributed by atoms with Gasteiger partial charge in [0, 0.05) is 0 Å². The summed E-state index contributed by atoms with van der Waals surface area (Å²) in [5, 5.41) is 0. The molecule has 0 atom stereocenters. The SMILES string of the molecule is C=CC(N)=O.C=CC(N)=O.Cl. The number of primary amides is 2. The van der Waals surface area contributed by atoms with Crippen molar-refractivity contribution >= 4 is 24.2 Å². The van der Waals surface area contributed by atoms with Crippen LogP contribution in [0.4, 0.5) is 0 Å². The molecule has 4 nitrogen and oxygen atoms in total. The van der Waals surface area contributed by atoms with E-state index in [0.717, 1.165) is 12.2 Å². The summed E-state index contributed by atoms with van der Waals surface area (Å²) in [5.74, 6) is -0.963. The molecule has 2 amide bonds. The third-order valence-corrected chi connectivity index (χ3v) is 0.402. The first-order valence-electron chi connectivity index (χ1n) is 2.38. The van der Waals surface area contributed by atoms with Gasteiger partial charge in [0.15, 0.2) is 0 Å². The fourth-order valence-corrected chi connectivity index (χ4v) is 0. The van der Waals surface area contributed by atoms with Gasteiger partial charge in [-0.05, 0) is 12.2 Å². The molecule has 0 aromatic heterocycles. The second kappa shape index (κ2) is 11.5. The van der Waals surface area contributed by atoms with Gasteiger partial charge in [-0.3, -0.25) is 9.59 Å². The van der Waals surface area contributed by atoms with E-state index in [1.54, 1.807) is 0 Å². The highest BCUT2D eigenvalue weighted by molar-refractivity contribution is 5.85. The molecule has 11 heavy (non-hydrogen) atoms. The van der Waals surface area contributed by atoms with Crippen molar-refractivity contribution in [1.82, 2.24) is 0 Å². The van der Waals surface area contributed by atoms with E-state index in [1.807, 2.05) is 0 Å². The van der Waals surface area contributed by atoms with Gasteiger partial charge in [0.1, 0.15) is 0 Å². The summed E-state index contributed by atoms with van der Waals surface area (Å²) in [6.45, 7) is 6.17. The van der Waals surface area contributed by atoms with Gasteiger partial charge < -0.3 is 11.5 Å². The summed E-state index contributed by atoms with van der Waals surface area (Å²) in [6, 6.07) is 0. The molecule has 0 aromatic carbocycles. The van der Waals surface area contributed by atoms with E-state index in [-0.39, 0.29) is 12.4 Å². The zero-order valence-electron chi connectivity index (χ0n) is 5.95. The van der Waals surface area contributed by atoms with Crippen molar-refractivity contribution in [1.29, 1.82) is 0 Å². The number of nitrogens with two attached hydrogens (primary N) is 2. The van der Waals surface area contributed by atoms with E-state index >= 15 is 0 Å². The summed E-state index contributed by atoms with van der Waals surface area (Å²) >= 11 is 0. The molecular formula is C6H11ClN2O2. The minimum absolute atomic E-state index is 0. The van der Waals surface area contributed by atoms with Crippen molar-refractivity contribution in [3.05, 3.63) is 25.3 Å². The van der Waals surface area contributed by atoms with Gasteiger partial charge in [0.05, 0.1) is 0 Å². The number of hydrogen-bond donors (Lipinski definition) is 2. The predicted molar refractivity (Wildman–Crippen MR) is 46.0 cm³/mol. The second-order valence-corrected chi connectivity index (χ2v) is 1.21. The largest absolute Gasteiger partial charge is 0.366 e. The highest BCUT2D eigenvalue weighted by Gasteiger charge is 1.69. The predicted octanol–water partition coefficient (Wildman–Crippen LogP) is -0.263. The normalized spacial score (nSPS) is 5.82. The summed E-state index contributed by atoms with van der Waals surface area (Å²) < 4.78 is 0. The third-order valence-electron chi connectivity index (χ3n) is 0.402. The van der Waals surface area contributed by atoms with Gasteiger partial charge in [-0.15, -0.1) is 12.4 Å². The molecule has 0 aliphatic rings. The Hall–Kier alpha value is -1.29. The molecule has 0 aliphatic carbocycles. The zero-order chi connectivity index (χ0) is 8.57. The Balaban J connectivity index is -0.000000107. The number of amides is 2. The smallest absolute Gasteiger partial charge is 0.240 e. The number of carbonyl (C=O) groups excluding carboxylic acids is 2. The van der Waals surface area contributed by atoms with Gasteiger partial charge >= 0.3 is 0 Å². The highest BCUT2D eigenvalue weighted by Crippen LogP contribution is 1.49. The molecule has 0 bridgehead atoms. The first-order valence-corrected chi connectivity index (χ1v) is 2.38. The van der Waals surface area contributed by atoms with Crippen LogP contribution in [0.25, 0.3) is 0 Å². The standard InChI is InChI=1S/2C3H5NO.ClH/c2*1-2-3(4)5;/h2*2H,1H2,(H2,4,5);1H. The molecule has 5 heteroatoms. The van der Waals surface area contributed by atoms with Crippen LogP contribution in [0.3, 0.4) is 0 Å². The van der Waals surface area contributed by atoms with E-state index in [0.29, 0.717) is 0 Å². The Morgan fingerprint density at radius 3 is 1.09 bits per heavy atom. The minimum Gasteiger partial charge on any atom is -0.366 e. The van der Waals surface area contributed by atoms with Crippen molar-refractivity contribution < 1.29 is 9.59 Å². The lowest BCUT2D eigenvalue weighted by Gasteiger charge is -1.65. The van der Waals surface area contributed by atoms with Crippen molar-refractivity contribution in [2.75, 3.05) is 0 Å². The fourth-order valence-electron chi connectivity index (χ4n) is 0. The molecule has 4 N–H and O–H groups in total. The minimum atomic E-state index is -0.481. The Labute approximate surface area is 71.3 Å². The maximum Gasteiger partial charge on any atom is 0.240 e. The molecule has 64 valence electrons.